The van der Waals surface area contributed by atoms with Crippen LogP contribution in [0.3, 0.4) is 0 Å². The molecular weight excluding hydrogens is 346 g/mol. The van der Waals surface area contributed by atoms with Crippen molar-refractivity contribution in [2.75, 3.05) is 20.8 Å². The van der Waals surface area contributed by atoms with Gasteiger partial charge in [0.05, 0.1) is 19.5 Å². The van der Waals surface area contributed by atoms with Crippen LogP contribution >= 0.6 is 11.8 Å². The Balaban J connectivity index is 1.75. The summed E-state index contributed by atoms with van der Waals surface area (Å²) in [4.78, 5) is 13.4. The summed E-state index contributed by atoms with van der Waals surface area (Å²) >= 11 is 1.58. The van der Waals surface area contributed by atoms with Gasteiger partial charge in [0.15, 0.2) is 11.5 Å². The lowest BCUT2D eigenvalue weighted by Crippen LogP contribution is -2.31. The molecule has 2 aromatic carbocycles. The third-order valence-corrected chi connectivity index (χ3v) is 5.20. The molecule has 2 rings (SSSR count). The van der Waals surface area contributed by atoms with Gasteiger partial charge >= 0.3 is 0 Å². The molecule has 0 fully saturated rings. The highest BCUT2D eigenvalue weighted by molar-refractivity contribution is 8.00. The predicted octanol–water partition coefficient (Wildman–Crippen LogP) is 4.24. The summed E-state index contributed by atoms with van der Waals surface area (Å²) in [6.45, 7) is 4.66. The van der Waals surface area contributed by atoms with E-state index in [-0.39, 0.29) is 11.2 Å². The van der Waals surface area contributed by atoms with Crippen molar-refractivity contribution in [1.29, 1.82) is 0 Å². The smallest absolute Gasteiger partial charge is 0.233 e. The molecule has 2 aromatic rings. The van der Waals surface area contributed by atoms with Gasteiger partial charge in [-0.25, -0.2) is 0 Å². The number of aryl methyl sites for hydroxylation is 2. The van der Waals surface area contributed by atoms with E-state index in [1.54, 1.807) is 26.0 Å². The molecule has 0 spiro atoms. The van der Waals surface area contributed by atoms with Crippen molar-refractivity contribution in [2.45, 2.75) is 36.8 Å². The van der Waals surface area contributed by atoms with E-state index in [2.05, 4.69) is 36.5 Å². The average molecular weight is 374 g/mol. The van der Waals surface area contributed by atoms with Gasteiger partial charge in [-0.1, -0.05) is 23.8 Å². The first-order chi connectivity index (χ1) is 12.5. The second-order valence-electron chi connectivity index (χ2n) is 6.16. The van der Waals surface area contributed by atoms with Crippen molar-refractivity contribution < 1.29 is 14.3 Å². The number of carbonyl (C=O) groups is 1. The fourth-order valence-electron chi connectivity index (χ4n) is 2.56. The summed E-state index contributed by atoms with van der Waals surface area (Å²) < 4.78 is 10.6. The van der Waals surface area contributed by atoms with Gasteiger partial charge in [0.25, 0.3) is 0 Å². The number of thioether (sulfide) groups is 1. The molecule has 0 radical (unpaired) electrons. The molecule has 0 aliphatic heterocycles. The highest BCUT2D eigenvalue weighted by Gasteiger charge is 2.13. The number of rotatable bonds is 9. The minimum atomic E-state index is -0.112. The van der Waals surface area contributed by atoms with Crippen LogP contribution in [0, 0.1) is 6.92 Å². The van der Waals surface area contributed by atoms with E-state index in [0.717, 1.165) is 29.2 Å². The van der Waals surface area contributed by atoms with E-state index in [4.69, 9.17) is 9.47 Å². The molecule has 0 unspecified atom stereocenters. The molecule has 26 heavy (non-hydrogen) atoms. The molecular formula is C21H27NO3S. The molecule has 4 nitrogen and oxygen atoms in total. The Bertz CT molecular complexity index is 716. The van der Waals surface area contributed by atoms with Gasteiger partial charge in [-0.2, -0.15) is 0 Å². The van der Waals surface area contributed by atoms with Crippen molar-refractivity contribution >= 4 is 17.7 Å². The Morgan fingerprint density at radius 2 is 1.77 bits per heavy atom. The Hall–Kier alpha value is -2.14. The highest BCUT2D eigenvalue weighted by atomic mass is 32.2. The van der Waals surface area contributed by atoms with Gasteiger partial charge in [-0.3, -0.25) is 4.79 Å². The second-order valence-corrected chi connectivity index (χ2v) is 7.57. The Labute approximate surface area is 160 Å². The first-order valence-corrected chi connectivity index (χ1v) is 9.63. The van der Waals surface area contributed by atoms with E-state index in [1.165, 1.54) is 11.1 Å². The summed E-state index contributed by atoms with van der Waals surface area (Å²) in [7, 11) is 3.26. The van der Waals surface area contributed by atoms with Crippen LogP contribution in [0.1, 0.15) is 24.5 Å². The van der Waals surface area contributed by atoms with Crippen molar-refractivity contribution in [3.05, 3.63) is 53.6 Å². The number of ether oxygens (including phenoxy) is 2. The van der Waals surface area contributed by atoms with Crippen LogP contribution in [0.15, 0.2) is 47.4 Å². The molecule has 1 amide bonds. The van der Waals surface area contributed by atoms with Crippen molar-refractivity contribution in [2.24, 2.45) is 0 Å². The molecule has 1 N–H and O–H groups in total. The van der Waals surface area contributed by atoms with Gasteiger partial charge in [0.1, 0.15) is 0 Å². The monoisotopic (exact) mass is 373 g/mol. The number of benzene rings is 2. The first kappa shape index (κ1) is 20.2. The van der Waals surface area contributed by atoms with Gasteiger partial charge < -0.3 is 14.8 Å². The minimum Gasteiger partial charge on any atom is -0.493 e. The fraction of sp³-hybridized carbons (Fsp3) is 0.381. The van der Waals surface area contributed by atoms with Crippen LogP contribution in [0.2, 0.25) is 0 Å². The third-order valence-electron chi connectivity index (χ3n) is 4.09. The quantitative estimate of drug-likeness (QED) is 0.527. The lowest BCUT2D eigenvalue weighted by Gasteiger charge is -2.13. The fourth-order valence-corrected chi connectivity index (χ4v) is 3.45. The Kier molecular flexibility index (Phi) is 7.85. The van der Waals surface area contributed by atoms with E-state index in [9.17, 15) is 4.79 Å². The SMILES string of the molecule is COc1ccc(CCCNC(=O)[C@@H](C)Sc2ccc(C)cc2)cc1OC. The summed E-state index contributed by atoms with van der Waals surface area (Å²) in [6, 6.07) is 14.2. The molecule has 0 aliphatic carbocycles. The molecule has 140 valence electrons. The zero-order valence-corrected chi connectivity index (χ0v) is 16.7. The van der Waals surface area contributed by atoms with Crippen LogP contribution < -0.4 is 14.8 Å². The normalized spacial score (nSPS) is 11.7. The molecule has 0 aliphatic rings. The first-order valence-electron chi connectivity index (χ1n) is 8.75. The van der Waals surface area contributed by atoms with Crippen LogP contribution in [-0.4, -0.2) is 31.9 Å². The summed E-state index contributed by atoms with van der Waals surface area (Å²) in [6.07, 6.45) is 1.75. The molecule has 0 heterocycles. The Morgan fingerprint density at radius 1 is 1.08 bits per heavy atom. The maximum atomic E-state index is 12.2. The summed E-state index contributed by atoms with van der Waals surface area (Å²) in [5.41, 5.74) is 2.39. The topological polar surface area (TPSA) is 47.6 Å². The van der Waals surface area contributed by atoms with Gasteiger partial charge in [-0.05, 0) is 56.5 Å². The predicted molar refractivity (Wildman–Crippen MR) is 107 cm³/mol. The van der Waals surface area contributed by atoms with Gasteiger partial charge in [0.2, 0.25) is 5.91 Å². The standard InChI is InChI=1S/C21H27NO3S/c1-15-7-10-18(11-8-15)26-16(2)21(23)22-13-5-6-17-9-12-19(24-3)20(14-17)25-4/h7-12,14,16H,5-6,13H2,1-4H3,(H,22,23)/t16-/m1/s1. The average Bonchev–Trinajstić information content (AvgIpc) is 2.66. The number of methoxy groups -OCH3 is 2. The molecule has 1 atom stereocenters. The molecule has 0 saturated carbocycles. The van der Waals surface area contributed by atoms with Crippen molar-refractivity contribution in [1.82, 2.24) is 5.32 Å². The lowest BCUT2D eigenvalue weighted by molar-refractivity contribution is -0.120. The number of carbonyl (C=O) groups excluding carboxylic acids is 1. The molecule has 0 bridgehead atoms. The largest absolute Gasteiger partial charge is 0.493 e. The van der Waals surface area contributed by atoms with Gasteiger partial charge in [0, 0.05) is 11.4 Å². The van der Waals surface area contributed by atoms with Crippen LogP contribution in [0.4, 0.5) is 0 Å². The van der Waals surface area contributed by atoms with E-state index >= 15 is 0 Å². The van der Waals surface area contributed by atoms with E-state index in [0.29, 0.717) is 6.54 Å². The zero-order chi connectivity index (χ0) is 18.9. The lowest BCUT2D eigenvalue weighted by atomic mass is 10.1. The number of hydrogen-bond donors (Lipinski definition) is 1. The molecule has 0 saturated heterocycles. The van der Waals surface area contributed by atoms with Crippen molar-refractivity contribution in [3.63, 3.8) is 0 Å². The van der Waals surface area contributed by atoms with Crippen LogP contribution in [-0.2, 0) is 11.2 Å². The second kappa shape index (κ2) is 10.1. The van der Waals surface area contributed by atoms with Crippen LogP contribution in [0.5, 0.6) is 11.5 Å². The minimum absolute atomic E-state index is 0.0721. The maximum absolute atomic E-state index is 12.2. The van der Waals surface area contributed by atoms with Crippen LogP contribution in [0.25, 0.3) is 0 Å². The number of amides is 1. The van der Waals surface area contributed by atoms with E-state index < -0.39 is 0 Å². The number of hydrogen-bond acceptors (Lipinski definition) is 4. The van der Waals surface area contributed by atoms with Crippen molar-refractivity contribution in [3.8, 4) is 11.5 Å². The summed E-state index contributed by atoms with van der Waals surface area (Å²) in [5, 5.41) is 2.91. The molecule has 0 aromatic heterocycles. The maximum Gasteiger partial charge on any atom is 0.233 e. The third kappa shape index (κ3) is 5.99. The molecule has 5 heteroatoms. The summed E-state index contributed by atoms with van der Waals surface area (Å²) in [5.74, 6) is 1.53. The van der Waals surface area contributed by atoms with E-state index in [1.807, 2.05) is 25.1 Å². The number of nitrogens with one attached hydrogen (secondary N) is 1. The highest BCUT2D eigenvalue weighted by Crippen LogP contribution is 2.28. The van der Waals surface area contributed by atoms with Gasteiger partial charge in [-0.15, -0.1) is 11.8 Å². The zero-order valence-electron chi connectivity index (χ0n) is 15.9. The Morgan fingerprint density at radius 3 is 2.42 bits per heavy atom.